The summed E-state index contributed by atoms with van der Waals surface area (Å²) in [6.07, 6.45) is 1.08. The summed E-state index contributed by atoms with van der Waals surface area (Å²) >= 11 is 1.94. The van der Waals surface area contributed by atoms with Gasteiger partial charge in [0, 0.05) is 12.3 Å². The summed E-state index contributed by atoms with van der Waals surface area (Å²) in [5, 5.41) is 0. The van der Waals surface area contributed by atoms with E-state index in [1.54, 1.807) is 0 Å². The van der Waals surface area contributed by atoms with Crippen molar-refractivity contribution < 1.29 is 4.74 Å². The van der Waals surface area contributed by atoms with Gasteiger partial charge in [-0.15, -0.1) is 0 Å². The standard InChI is InChI=1S/C12H17NOS/c13-9-12(6-7-15-10-12)14-8-11-4-2-1-3-5-11/h1-5H,6-10,13H2. The van der Waals surface area contributed by atoms with E-state index in [9.17, 15) is 0 Å². The van der Waals surface area contributed by atoms with Gasteiger partial charge in [-0.2, -0.15) is 11.8 Å². The number of hydrogen-bond donors (Lipinski definition) is 1. The lowest BCUT2D eigenvalue weighted by molar-refractivity contribution is -0.0302. The van der Waals surface area contributed by atoms with Crippen molar-refractivity contribution in [1.29, 1.82) is 0 Å². The molecule has 1 heterocycles. The molecule has 0 spiro atoms. The zero-order valence-corrected chi connectivity index (χ0v) is 9.63. The summed E-state index contributed by atoms with van der Waals surface area (Å²) in [6, 6.07) is 10.3. The smallest absolute Gasteiger partial charge is 0.0906 e. The first-order chi connectivity index (χ1) is 7.35. The van der Waals surface area contributed by atoms with Gasteiger partial charge < -0.3 is 10.5 Å². The van der Waals surface area contributed by atoms with Crippen molar-refractivity contribution in [3.8, 4) is 0 Å². The first kappa shape index (κ1) is 11.0. The topological polar surface area (TPSA) is 35.2 Å². The van der Waals surface area contributed by atoms with Crippen LogP contribution in [0, 0.1) is 0 Å². The second-order valence-electron chi connectivity index (χ2n) is 3.96. The van der Waals surface area contributed by atoms with E-state index in [2.05, 4.69) is 12.1 Å². The van der Waals surface area contributed by atoms with Crippen molar-refractivity contribution in [3.05, 3.63) is 35.9 Å². The van der Waals surface area contributed by atoms with Crippen LogP contribution in [0.15, 0.2) is 30.3 Å². The summed E-state index contributed by atoms with van der Waals surface area (Å²) < 4.78 is 5.98. The fraction of sp³-hybridized carbons (Fsp3) is 0.500. The van der Waals surface area contributed by atoms with E-state index >= 15 is 0 Å². The molecule has 2 N–H and O–H groups in total. The van der Waals surface area contributed by atoms with Crippen LogP contribution in [-0.4, -0.2) is 23.7 Å². The normalized spacial score (nSPS) is 25.7. The Morgan fingerprint density at radius 3 is 2.73 bits per heavy atom. The predicted molar refractivity (Wildman–Crippen MR) is 65.0 cm³/mol. The van der Waals surface area contributed by atoms with Crippen molar-refractivity contribution in [2.24, 2.45) is 5.73 Å². The lowest BCUT2D eigenvalue weighted by atomic mass is 10.0. The van der Waals surface area contributed by atoms with Gasteiger partial charge >= 0.3 is 0 Å². The first-order valence-corrected chi connectivity index (χ1v) is 6.46. The highest BCUT2D eigenvalue weighted by Crippen LogP contribution is 2.31. The van der Waals surface area contributed by atoms with Crippen LogP contribution in [-0.2, 0) is 11.3 Å². The third-order valence-corrected chi connectivity index (χ3v) is 4.05. The Hall–Kier alpha value is -0.510. The Morgan fingerprint density at radius 2 is 2.13 bits per heavy atom. The van der Waals surface area contributed by atoms with E-state index in [0.29, 0.717) is 13.2 Å². The maximum absolute atomic E-state index is 5.98. The highest BCUT2D eigenvalue weighted by atomic mass is 32.2. The van der Waals surface area contributed by atoms with Crippen LogP contribution < -0.4 is 5.73 Å². The fourth-order valence-corrected chi connectivity index (χ4v) is 3.11. The summed E-state index contributed by atoms with van der Waals surface area (Å²) in [4.78, 5) is 0. The molecule has 1 saturated heterocycles. The molecule has 1 aromatic carbocycles. The lowest BCUT2D eigenvalue weighted by Gasteiger charge is -2.26. The first-order valence-electron chi connectivity index (χ1n) is 5.30. The summed E-state index contributed by atoms with van der Waals surface area (Å²) in [5.74, 6) is 2.21. The molecule has 1 aromatic rings. The molecule has 0 amide bonds. The maximum Gasteiger partial charge on any atom is 0.0906 e. The molecule has 1 aliphatic heterocycles. The Labute approximate surface area is 95.2 Å². The van der Waals surface area contributed by atoms with Gasteiger partial charge in [0.15, 0.2) is 0 Å². The second-order valence-corrected chi connectivity index (χ2v) is 5.07. The molecule has 1 unspecified atom stereocenters. The number of nitrogens with two attached hydrogens (primary N) is 1. The molecule has 15 heavy (non-hydrogen) atoms. The molecule has 0 saturated carbocycles. The zero-order chi connectivity index (χ0) is 10.6. The minimum Gasteiger partial charge on any atom is -0.368 e. The van der Waals surface area contributed by atoms with E-state index in [-0.39, 0.29) is 5.60 Å². The van der Waals surface area contributed by atoms with Crippen molar-refractivity contribution >= 4 is 11.8 Å². The van der Waals surface area contributed by atoms with Gasteiger partial charge in [0.1, 0.15) is 0 Å². The van der Waals surface area contributed by atoms with Crippen molar-refractivity contribution in [2.75, 3.05) is 18.1 Å². The molecule has 0 aromatic heterocycles. The Bertz CT molecular complexity index is 296. The molecule has 2 nitrogen and oxygen atoms in total. The van der Waals surface area contributed by atoms with E-state index in [4.69, 9.17) is 10.5 Å². The molecular weight excluding hydrogens is 206 g/mol. The summed E-state index contributed by atoms with van der Waals surface area (Å²) in [5.41, 5.74) is 6.95. The van der Waals surface area contributed by atoms with Gasteiger partial charge in [-0.1, -0.05) is 30.3 Å². The Morgan fingerprint density at radius 1 is 1.33 bits per heavy atom. The highest BCUT2D eigenvalue weighted by Gasteiger charge is 2.33. The lowest BCUT2D eigenvalue weighted by Crippen LogP contribution is -2.40. The maximum atomic E-state index is 5.98. The second kappa shape index (κ2) is 5.01. The number of benzene rings is 1. The quantitative estimate of drug-likeness (QED) is 0.848. The van der Waals surface area contributed by atoms with Gasteiger partial charge in [-0.3, -0.25) is 0 Å². The predicted octanol–water partition coefficient (Wildman–Crippen LogP) is 2.04. The fourth-order valence-electron chi connectivity index (χ4n) is 1.73. The van der Waals surface area contributed by atoms with Gasteiger partial charge in [0.05, 0.1) is 12.2 Å². The average Bonchev–Trinajstić information content (AvgIpc) is 2.77. The molecule has 1 aliphatic rings. The van der Waals surface area contributed by atoms with Crippen molar-refractivity contribution in [1.82, 2.24) is 0 Å². The van der Waals surface area contributed by atoms with E-state index in [1.807, 2.05) is 30.0 Å². The van der Waals surface area contributed by atoms with Gasteiger partial charge in [-0.25, -0.2) is 0 Å². The van der Waals surface area contributed by atoms with Gasteiger partial charge in [0.25, 0.3) is 0 Å². The summed E-state index contributed by atoms with van der Waals surface area (Å²) in [7, 11) is 0. The molecule has 0 aliphatic carbocycles. The van der Waals surface area contributed by atoms with Crippen LogP contribution in [0.25, 0.3) is 0 Å². The third-order valence-electron chi connectivity index (χ3n) is 2.83. The van der Waals surface area contributed by atoms with Crippen LogP contribution >= 0.6 is 11.8 Å². The van der Waals surface area contributed by atoms with Crippen LogP contribution in [0.4, 0.5) is 0 Å². The monoisotopic (exact) mass is 223 g/mol. The largest absolute Gasteiger partial charge is 0.368 e. The summed E-state index contributed by atoms with van der Waals surface area (Å²) in [6.45, 7) is 1.31. The van der Waals surface area contributed by atoms with Gasteiger partial charge in [-0.05, 0) is 17.7 Å². The van der Waals surface area contributed by atoms with Crippen molar-refractivity contribution in [2.45, 2.75) is 18.6 Å². The number of hydrogen-bond acceptors (Lipinski definition) is 3. The number of ether oxygens (including phenoxy) is 1. The highest BCUT2D eigenvalue weighted by molar-refractivity contribution is 7.99. The van der Waals surface area contributed by atoms with E-state index in [1.165, 1.54) is 11.3 Å². The number of thioether (sulfide) groups is 1. The Balaban J connectivity index is 1.92. The van der Waals surface area contributed by atoms with E-state index < -0.39 is 0 Å². The third kappa shape index (κ3) is 2.74. The Kier molecular flexibility index (Phi) is 3.67. The number of rotatable bonds is 4. The SMILES string of the molecule is NCC1(OCc2ccccc2)CCSC1. The molecule has 3 heteroatoms. The average molecular weight is 223 g/mol. The zero-order valence-electron chi connectivity index (χ0n) is 8.82. The molecule has 1 fully saturated rings. The molecule has 82 valence electrons. The molecule has 2 rings (SSSR count). The van der Waals surface area contributed by atoms with Crippen LogP contribution in [0.3, 0.4) is 0 Å². The molecule has 1 atom stereocenters. The minimum atomic E-state index is -0.0689. The van der Waals surface area contributed by atoms with Crippen molar-refractivity contribution in [3.63, 3.8) is 0 Å². The van der Waals surface area contributed by atoms with Gasteiger partial charge in [0.2, 0.25) is 0 Å². The van der Waals surface area contributed by atoms with E-state index in [0.717, 1.165) is 12.2 Å². The van der Waals surface area contributed by atoms with Crippen LogP contribution in [0.1, 0.15) is 12.0 Å². The molecule has 0 bridgehead atoms. The minimum absolute atomic E-state index is 0.0689. The van der Waals surface area contributed by atoms with Crippen LogP contribution in [0.5, 0.6) is 0 Å². The molecule has 0 radical (unpaired) electrons. The van der Waals surface area contributed by atoms with Crippen LogP contribution in [0.2, 0.25) is 0 Å². The molecular formula is C12H17NOS.